The van der Waals surface area contributed by atoms with Crippen LogP contribution in [-0.2, 0) is 16.1 Å². The van der Waals surface area contributed by atoms with Crippen molar-refractivity contribution in [2.24, 2.45) is 0 Å². The largest absolute Gasteiger partial charge is 0.457 e. The van der Waals surface area contributed by atoms with Crippen LogP contribution in [0.5, 0.6) is 11.5 Å². The summed E-state index contributed by atoms with van der Waals surface area (Å²) in [6.07, 6.45) is -5.21. The Hall–Kier alpha value is -4.47. The van der Waals surface area contributed by atoms with Gasteiger partial charge in [-0.3, -0.25) is 24.5 Å². The van der Waals surface area contributed by atoms with Crippen molar-refractivity contribution in [1.82, 2.24) is 10.2 Å². The summed E-state index contributed by atoms with van der Waals surface area (Å²) < 4.78 is 47.7. The predicted molar refractivity (Wildman–Crippen MR) is 133 cm³/mol. The van der Waals surface area contributed by atoms with Crippen molar-refractivity contribution < 1.29 is 37.1 Å². The normalized spacial score (nSPS) is 18.0. The van der Waals surface area contributed by atoms with E-state index in [0.717, 1.165) is 0 Å². The minimum absolute atomic E-state index is 0.0210. The number of imide groups is 1. The van der Waals surface area contributed by atoms with Crippen LogP contribution in [-0.4, -0.2) is 40.6 Å². The molecule has 0 radical (unpaired) electrons. The maximum absolute atomic E-state index is 14.0. The number of ketones is 1. The Morgan fingerprint density at radius 1 is 0.974 bits per heavy atom. The number of para-hydroxylation sites is 1. The fourth-order valence-electron chi connectivity index (χ4n) is 4.87. The molecular formula is C29H23F3N2O5. The molecule has 2 aliphatic heterocycles. The number of fused-ring (bicyclic) bond motifs is 1. The third-order valence-electron chi connectivity index (χ3n) is 6.89. The number of benzene rings is 3. The van der Waals surface area contributed by atoms with E-state index in [1.54, 1.807) is 24.3 Å². The molecule has 3 amide bonds. The molecule has 1 unspecified atom stereocenters. The number of nitrogens with zero attached hydrogens (tertiary/aromatic N) is 1. The fourth-order valence-corrected chi connectivity index (χ4v) is 4.87. The number of halogens is 3. The maximum Gasteiger partial charge on any atom is 0.396 e. The van der Waals surface area contributed by atoms with Crippen LogP contribution in [0, 0.1) is 0 Å². The van der Waals surface area contributed by atoms with Crippen LogP contribution in [0.2, 0.25) is 0 Å². The molecular weight excluding hydrogens is 513 g/mol. The number of hydrogen-bond acceptors (Lipinski definition) is 5. The van der Waals surface area contributed by atoms with Crippen LogP contribution < -0.4 is 10.1 Å². The van der Waals surface area contributed by atoms with Crippen molar-refractivity contribution in [2.45, 2.75) is 43.9 Å². The number of nitrogens with one attached hydrogen (secondary N) is 1. The van der Waals surface area contributed by atoms with Crippen molar-refractivity contribution in [3.63, 3.8) is 0 Å². The molecule has 1 N–H and O–H groups in total. The topological polar surface area (TPSA) is 92.8 Å². The molecule has 0 aliphatic carbocycles. The van der Waals surface area contributed by atoms with Crippen molar-refractivity contribution in [3.8, 4) is 11.5 Å². The first-order valence-corrected chi connectivity index (χ1v) is 12.3. The summed E-state index contributed by atoms with van der Waals surface area (Å²) in [5, 5.41) is 2.21. The molecule has 0 spiro atoms. The molecule has 1 saturated heterocycles. The number of hydrogen-bond donors (Lipinski definition) is 1. The first-order valence-electron chi connectivity index (χ1n) is 12.3. The summed E-state index contributed by atoms with van der Waals surface area (Å²) in [4.78, 5) is 50.9. The maximum atomic E-state index is 14.0. The third kappa shape index (κ3) is 5.55. The Labute approximate surface area is 221 Å². The molecule has 10 heteroatoms. The van der Waals surface area contributed by atoms with Gasteiger partial charge in [0, 0.05) is 30.5 Å². The van der Waals surface area contributed by atoms with Crippen molar-refractivity contribution in [3.05, 3.63) is 95.1 Å². The molecule has 39 heavy (non-hydrogen) atoms. The quantitative estimate of drug-likeness (QED) is 0.333. The van der Waals surface area contributed by atoms with Crippen molar-refractivity contribution >= 4 is 23.5 Å². The highest BCUT2D eigenvalue weighted by Gasteiger charge is 2.43. The van der Waals surface area contributed by atoms with E-state index in [1.807, 2.05) is 6.07 Å². The molecule has 1 fully saturated rings. The summed E-state index contributed by atoms with van der Waals surface area (Å²) in [7, 11) is 0. The van der Waals surface area contributed by atoms with Crippen LogP contribution in [0.1, 0.15) is 57.0 Å². The zero-order chi connectivity index (χ0) is 27.7. The standard InChI is InChI=1S/C29H23F3N2O5/c30-29(31,32)23(17-6-9-21(10-7-17)39-20-4-2-1-3-5-20)15-25(35)18-8-11-22-19(14-18)16-34(28(22)38)24-12-13-26(36)33-27(24)37/h1-11,14,23-24H,12-13,15-16H2,(H,33,36,37)/t23-,24?/m1/s1. The van der Waals surface area contributed by atoms with Gasteiger partial charge in [-0.1, -0.05) is 36.4 Å². The van der Waals surface area contributed by atoms with Gasteiger partial charge in [-0.2, -0.15) is 13.2 Å². The molecule has 2 aliphatic rings. The molecule has 3 aromatic rings. The van der Waals surface area contributed by atoms with Crippen molar-refractivity contribution in [2.75, 3.05) is 0 Å². The number of piperidine rings is 1. The smallest absolute Gasteiger partial charge is 0.396 e. The number of ether oxygens (including phenoxy) is 1. The van der Waals surface area contributed by atoms with Crippen LogP contribution >= 0.6 is 0 Å². The highest BCUT2D eigenvalue weighted by molar-refractivity contribution is 6.06. The molecule has 0 bridgehead atoms. The Morgan fingerprint density at radius 3 is 2.33 bits per heavy atom. The minimum Gasteiger partial charge on any atom is -0.457 e. The molecule has 5 rings (SSSR count). The monoisotopic (exact) mass is 536 g/mol. The van der Waals surface area contributed by atoms with Crippen LogP contribution in [0.3, 0.4) is 0 Å². The lowest BCUT2D eigenvalue weighted by atomic mass is 9.90. The van der Waals surface area contributed by atoms with E-state index >= 15 is 0 Å². The number of alkyl halides is 3. The van der Waals surface area contributed by atoms with Crippen LogP contribution in [0.4, 0.5) is 13.2 Å². The molecule has 200 valence electrons. The fraction of sp³-hybridized carbons (Fsp3) is 0.241. The highest BCUT2D eigenvalue weighted by atomic mass is 19.4. The molecule has 0 aromatic heterocycles. The first-order chi connectivity index (χ1) is 18.6. The summed E-state index contributed by atoms with van der Waals surface area (Å²) in [6, 6.07) is 17.6. The van der Waals surface area contributed by atoms with Gasteiger partial charge in [0.15, 0.2) is 5.78 Å². The minimum atomic E-state index is -4.67. The third-order valence-corrected chi connectivity index (χ3v) is 6.89. The first kappa shape index (κ1) is 26.1. The van der Waals surface area contributed by atoms with Gasteiger partial charge in [-0.25, -0.2) is 0 Å². The number of carbonyl (C=O) groups excluding carboxylic acids is 4. The Bertz CT molecular complexity index is 1440. The molecule has 0 saturated carbocycles. The van der Waals surface area contributed by atoms with Gasteiger partial charge in [-0.15, -0.1) is 0 Å². The molecule has 2 atom stereocenters. The van der Waals surface area contributed by atoms with E-state index in [1.165, 1.54) is 47.4 Å². The Balaban J connectivity index is 1.31. The lowest BCUT2D eigenvalue weighted by Gasteiger charge is -2.29. The van der Waals surface area contributed by atoms with Gasteiger partial charge in [0.05, 0.1) is 5.92 Å². The van der Waals surface area contributed by atoms with E-state index in [-0.39, 0.29) is 36.1 Å². The predicted octanol–water partition coefficient (Wildman–Crippen LogP) is 5.16. The number of Topliss-reactive ketones (excluding diaryl/α,β-unsaturated/α-hetero) is 1. The highest BCUT2D eigenvalue weighted by Crippen LogP contribution is 2.39. The van der Waals surface area contributed by atoms with Gasteiger partial charge in [0.1, 0.15) is 17.5 Å². The zero-order valence-electron chi connectivity index (χ0n) is 20.5. The number of amides is 3. The zero-order valence-corrected chi connectivity index (χ0v) is 20.5. The second-order valence-corrected chi connectivity index (χ2v) is 9.48. The second kappa shape index (κ2) is 10.4. The van der Waals surface area contributed by atoms with E-state index in [2.05, 4.69) is 5.32 Å². The summed E-state index contributed by atoms with van der Waals surface area (Å²) in [5.74, 6) is -3.27. The van der Waals surface area contributed by atoms with E-state index in [4.69, 9.17) is 4.74 Å². The SMILES string of the molecule is O=C1CCC(N2Cc3cc(C(=O)C[C@H](c4ccc(Oc5ccccc5)cc4)C(F)(F)F)ccc3C2=O)C(=O)N1. The Kier molecular flexibility index (Phi) is 6.94. The molecule has 2 heterocycles. The van der Waals surface area contributed by atoms with Gasteiger partial charge in [0.2, 0.25) is 11.8 Å². The lowest BCUT2D eigenvalue weighted by Crippen LogP contribution is -2.52. The van der Waals surface area contributed by atoms with Gasteiger partial charge >= 0.3 is 6.18 Å². The summed E-state index contributed by atoms with van der Waals surface area (Å²) in [6.45, 7) is 0.0210. The molecule has 3 aromatic carbocycles. The second-order valence-electron chi connectivity index (χ2n) is 9.48. The van der Waals surface area contributed by atoms with E-state index in [9.17, 15) is 32.3 Å². The average molecular weight is 537 g/mol. The lowest BCUT2D eigenvalue weighted by molar-refractivity contribution is -0.149. The van der Waals surface area contributed by atoms with Gasteiger partial charge in [0.25, 0.3) is 5.91 Å². The van der Waals surface area contributed by atoms with E-state index < -0.39 is 48.1 Å². The summed E-state index contributed by atoms with van der Waals surface area (Å²) in [5.41, 5.74) is 0.695. The van der Waals surface area contributed by atoms with E-state index in [0.29, 0.717) is 17.1 Å². The number of carbonyl (C=O) groups is 4. The molecule has 7 nitrogen and oxygen atoms in total. The number of rotatable bonds is 7. The summed E-state index contributed by atoms with van der Waals surface area (Å²) >= 11 is 0. The van der Waals surface area contributed by atoms with Gasteiger partial charge in [-0.05, 0) is 53.9 Å². The average Bonchev–Trinajstić information content (AvgIpc) is 3.23. The van der Waals surface area contributed by atoms with Gasteiger partial charge < -0.3 is 9.64 Å². The Morgan fingerprint density at radius 2 is 1.67 bits per heavy atom. The van der Waals surface area contributed by atoms with Crippen LogP contribution in [0.15, 0.2) is 72.8 Å². The van der Waals surface area contributed by atoms with Crippen molar-refractivity contribution in [1.29, 1.82) is 0 Å². The van der Waals surface area contributed by atoms with Crippen LogP contribution in [0.25, 0.3) is 0 Å².